The van der Waals surface area contributed by atoms with Gasteiger partial charge in [-0.25, -0.2) is 4.98 Å². The summed E-state index contributed by atoms with van der Waals surface area (Å²) in [6, 6.07) is 11.7. The molecule has 160 valence electrons. The number of hydrogen-bond acceptors (Lipinski definition) is 5. The summed E-state index contributed by atoms with van der Waals surface area (Å²) in [6.45, 7) is 1.95. The highest BCUT2D eigenvalue weighted by atomic mass is 35.5. The minimum Gasteiger partial charge on any atom is -0.339 e. The molecular weight excluding hydrogens is 429 g/mol. The average molecular weight is 447 g/mol. The fourth-order valence-electron chi connectivity index (χ4n) is 3.49. The molecule has 5 nitrogen and oxygen atoms in total. The van der Waals surface area contributed by atoms with Crippen molar-refractivity contribution < 1.29 is 18.0 Å². The zero-order valence-corrected chi connectivity index (χ0v) is 17.2. The second kappa shape index (κ2) is 8.19. The summed E-state index contributed by atoms with van der Waals surface area (Å²) >= 11 is 5.93. The van der Waals surface area contributed by atoms with Gasteiger partial charge in [-0.05, 0) is 54.8 Å². The van der Waals surface area contributed by atoms with Gasteiger partial charge in [0.25, 0.3) is 0 Å². The lowest BCUT2D eigenvalue weighted by Crippen LogP contribution is -2.22. The molecule has 4 rings (SSSR count). The van der Waals surface area contributed by atoms with Gasteiger partial charge in [-0.1, -0.05) is 24.6 Å². The van der Waals surface area contributed by atoms with Crippen LogP contribution >= 0.6 is 11.6 Å². The molecule has 0 aliphatic heterocycles. The van der Waals surface area contributed by atoms with Crippen LogP contribution in [0.2, 0.25) is 5.02 Å². The number of benzene rings is 2. The summed E-state index contributed by atoms with van der Waals surface area (Å²) in [6.07, 6.45) is -3.51. The van der Waals surface area contributed by atoms with Crippen molar-refractivity contribution in [3.05, 3.63) is 70.4 Å². The molecule has 9 heteroatoms. The van der Waals surface area contributed by atoms with Crippen LogP contribution in [-0.4, -0.2) is 15.8 Å². The van der Waals surface area contributed by atoms with E-state index in [1.807, 2.05) is 6.92 Å². The van der Waals surface area contributed by atoms with E-state index in [0.717, 1.165) is 12.1 Å². The van der Waals surface area contributed by atoms with Gasteiger partial charge in [0.1, 0.15) is 5.82 Å². The fourth-order valence-corrected chi connectivity index (χ4v) is 3.61. The number of ketones is 1. The van der Waals surface area contributed by atoms with Crippen LogP contribution in [0.3, 0.4) is 0 Å². The number of nitrogens with zero attached hydrogens (tertiary/aromatic N) is 2. The van der Waals surface area contributed by atoms with Gasteiger partial charge in [0, 0.05) is 22.8 Å². The molecule has 0 radical (unpaired) electrons. The standard InChI is InChI=1S/C22H18ClF3N4O/c1-12-9-17-19(18(31)10-12)20(27-15-7-5-14(23)6-8-15)30-21(29-17)28-16-4-2-3-13(11-16)22(24,25)26/h2-8,11-12H,9-10H2,1H3,(H2,27,28,29,30). The maximum absolute atomic E-state index is 13.0. The number of hydrogen-bond donors (Lipinski definition) is 2. The summed E-state index contributed by atoms with van der Waals surface area (Å²) in [5, 5.41) is 6.51. The molecule has 0 spiro atoms. The molecule has 31 heavy (non-hydrogen) atoms. The zero-order chi connectivity index (χ0) is 22.2. The first-order valence-electron chi connectivity index (χ1n) is 9.60. The van der Waals surface area contributed by atoms with Gasteiger partial charge in [0.05, 0.1) is 16.8 Å². The van der Waals surface area contributed by atoms with E-state index in [1.165, 1.54) is 12.1 Å². The monoisotopic (exact) mass is 446 g/mol. The third-order valence-corrected chi connectivity index (χ3v) is 5.14. The molecule has 0 fully saturated rings. The first-order valence-corrected chi connectivity index (χ1v) is 9.98. The minimum atomic E-state index is -4.46. The highest BCUT2D eigenvalue weighted by molar-refractivity contribution is 6.30. The number of fused-ring (bicyclic) bond motifs is 1. The van der Waals surface area contributed by atoms with Gasteiger partial charge < -0.3 is 10.6 Å². The van der Waals surface area contributed by atoms with Gasteiger partial charge >= 0.3 is 6.18 Å². The van der Waals surface area contributed by atoms with E-state index in [-0.39, 0.29) is 23.3 Å². The Labute approximate surface area is 181 Å². The van der Waals surface area contributed by atoms with E-state index in [4.69, 9.17) is 11.6 Å². The maximum Gasteiger partial charge on any atom is 0.416 e. The van der Waals surface area contributed by atoms with E-state index < -0.39 is 11.7 Å². The van der Waals surface area contributed by atoms with E-state index in [2.05, 4.69) is 20.6 Å². The predicted molar refractivity (Wildman–Crippen MR) is 113 cm³/mol. The topological polar surface area (TPSA) is 66.9 Å². The Bertz CT molecular complexity index is 1130. The molecule has 1 unspecified atom stereocenters. The molecule has 0 amide bonds. The Balaban J connectivity index is 1.73. The Kier molecular flexibility index (Phi) is 5.58. The molecule has 1 aromatic heterocycles. The summed E-state index contributed by atoms with van der Waals surface area (Å²) < 4.78 is 39.1. The molecule has 0 bridgehead atoms. The van der Waals surface area contributed by atoms with Crippen LogP contribution in [0.4, 0.5) is 36.3 Å². The number of anilines is 4. The quantitative estimate of drug-likeness (QED) is 0.485. The maximum atomic E-state index is 13.0. The Morgan fingerprint density at radius 3 is 2.45 bits per heavy atom. The SMILES string of the molecule is CC1CC(=O)c2c(nc(Nc3cccc(C(F)(F)F)c3)nc2Nc2ccc(Cl)cc2)C1. The zero-order valence-electron chi connectivity index (χ0n) is 16.4. The molecule has 1 aliphatic carbocycles. The van der Waals surface area contributed by atoms with Crippen molar-refractivity contribution >= 4 is 40.5 Å². The largest absolute Gasteiger partial charge is 0.416 e. The van der Waals surface area contributed by atoms with Gasteiger partial charge in [-0.2, -0.15) is 18.2 Å². The third kappa shape index (κ3) is 4.80. The van der Waals surface area contributed by atoms with Crippen LogP contribution in [0, 0.1) is 5.92 Å². The number of nitrogens with one attached hydrogen (secondary N) is 2. The number of carbonyl (C=O) groups excluding carboxylic acids is 1. The van der Waals surface area contributed by atoms with Gasteiger partial charge in [-0.15, -0.1) is 0 Å². The van der Waals surface area contributed by atoms with Gasteiger partial charge in [0.2, 0.25) is 5.95 Å². The van der Waals surface area contributed by atoms with Gasteiger partial charge in [-0.3, -0.25) is 4.79 Å². The molecule has 3 aromatic rings. The number of rotatable bonds is 4. The molecule has 1 atom stereocenters. The summed E-state index contributed by atoms with van der Waals surface area (Å²) in [4.78, 5) is 21.5. The lowest BCUT2D eigenvalue weighted by Gasteiger charge is -2.23. The van der Waals surface area contributed by atoms with E-state index in [9.17, 15) is 18.0 Å². The smallest absolute Gasteiger partial charge is 0.339 e. The molecule has 0 saturated carbocycles. The number of aromatic nitrogens is 2. The molecule has 2 N–H and O–H groups in total. The summed E-state index contributed by atoms with van der Waals surface area (Å²) in [7, 11) is 0. The van der Waals surface area contributed by atoms with Crippen molar-refractivity contribution in [1.29, 1.82) is 0 Å². The van der Waals surface area contributed by atoms with E-state index in [1.54, 1.807) is 24.3 Å². The average Bonchev–Trinajstić information content (AvgIpc) is 2.68. The van der Waals surface area contributed by atoms with Crippen LogP contribution in [0.15, 0.2) is 48.5 Å². The second-order valence-corrected chi connectivity index (χ2v) is 7.93. The number of alkyl halides is 3. The van der Waals surface area contributed by atoms with E-state index >= 15 is 0 Å². The van der Waals surface area contributed by atoms with Crippen molar-refractivity contribution in [2.75, 3.05) is 10.6 Å². The molecule has 0 saturated heterocycles. The number of Topliss-reactive ketones (excluding diaryl/α,β-unsaturated/α-hetero) is 1. The van der Waals surface area contributed by atoms with Gasteiger partial charge in [0.15, 0.2) is 5.78 Å². The van der Waals surface area contributed by atoms with Crippen molar-refractivity contribution in [1.82, 2.24) is 9.97 Å². The molecule has 1 heterocycles. The molecular formula is C22H18ClF3N4O. The van der Waals surface area contributed by atoms with Crippen molar-refractivity contribution in [2.45, 2.75) is 25.9 Å². The highest BCUT2D eigenvalue weighted by Gasteiger charge is 2.31. The van der Waals surface area contributed by atoms with Crippen molar-refractivity contribution in [2.24, 2.45) is 5.92 Å². The van der Waals surface area contributed by atoms with Crippen molar-refractivity contribution in [3.8, 4) is 0 Å². The Hall–Kier alpha value is -3.13. The van der Waals surface area contributed by atoms with Crippen LogP contribution in [0.1, 0.15) is 35.0 Å². The predicted octanol–water partition coefficient (Wildman–Crippen LogP) is 6.40. The Morgan fingerprint density at radius 1 is 1.00 bits per heavy atom. The summed E-state index contributed by atoms with van der Waals surface area (Å²) in [5.41, 5.74) is 1.05. The first kappa shape index (κ1) is 21.1. The van der Waals surface area contributed by atoms with Crippen LogP contribution < -0.4 is 10.6 Å². The molecule has 1 aliphatic rings. The lowest BCUT2D eigenvalue weighted by atomic mass is 9.87. The van der Waals surface area contributed by atoms with Crippen molar-refractivity contribution in [3.63, 3.8) is 0 Å². The van der Waals surface area contributed by atoms with E-state index in [0.29, 0.717) is 40.6 Å². The number of carbonyl (C=O) groups is 1. The minimum absolute atomic E-state index is 0.0733. The third-order valence-electron chi connectivity index (χ3n) is 4.89. The Morgan fingerprint density at radius 2 is 1.74 bits per heavy atom. The van der Waals surface area contributed by atoms with Crippen LogP contribution in [0.25, 0.3) is 0 Å². The lowest BCUT2D eigenvalue weighted by molar-refractivity contribution is -0.137. The highest BCUT2D eigenvalue weighted by Crippen LogP contribution is 2.34. The normalized spacial score (nSPS) is 16.0. The van der Waals surface area contributed by atoms with Crippen LogP contribution in [-0.2, 0) is 12.6 Å². The number of halogens is 4. The molecule has 2 aromatic carbocycles. The fraction of sp³-hybridized carbons (Fsp3) is 0.227. The summed E-state index contributed by atoms with van der Waals surface area (Å²) in [5.74, 6) is 0.450. The van der Waals surface area contributed by atoms with Crippen LogP contribution in [0.5, 0.6) is 0 Å². The first-order chi connectivity index (χ1) is 14.7. The second-order valence-electron chi connectivity index (χ2n) is 7.49.